The zero-order valence-corrected chi connectivity index (χ0v) is 25.8. The molecule has 0 aliphatic carbocycles. The van der Waals surface area contributed by atoms with Crippen molar-refractivity contribution in [3.8, 4) is 30.4 Å². The highest BCUT2D eigenvalue weighted by Crippen LogP contribution is 2.37. The van der Waals surface area contributed by atoms with Gasteiger partial charge in [0.2, 0.25) is 0 Å². The van der Waals surface area contributed by atoms with E-state index >= 15 is 0 Å². The molecular formula is C38H38BrNO. The molecule has 4 rings (SSSR count). The van der Waals surface area contributed by atoms with Gasteiger partial charge in [-0.25, -0.2) is 0 Å². The van der Waals surface area contributed by atoms with Crippen LogP contribution in [-0.2, 0) is 0 Å². The quantitative estimate of drug-likeness (QED) is 0.134. The summed E-state index contributed by atoms with van der Waals surface area (Å²) in [7, 11) is 0. The summed E-state index contributed by atoms with van der Waals surface area (Å²) in [6, 6.07) is 35.3. The second kappa shape index (κ2) is 15.1. The molecular weight excluding hydrogens is 566 g/mol. The number of terminal acetylenes is 2. The number of nitrogens with zero attached hydrogens (tertiary/aromatic N) is 1. The van der Waals surface area contributed by atoms with Crippen molar-refractivity contribution in [2.45, 2.75) is 20.8 Å². The van der Waals surface area contributed by atoms with Gasteiger partial charge in [0.05, 0.1) is 19.6 Å². The van der Waals surface area contributed by atoms with E-state index in [0.29, 0.717) is 6.61 Å². The number of benzene rings is 4. The summed E-state index contributed by atoms with van der Waals surface area (Å²) in [4.78, 5) is 0. The van der Waals surface area contributed by atoms with Crippen molar-refractivity contribution in [2.75, 3.05) is 32.8 Å². The molecule has 0 aliphatic rings. The van der Waals surface area contributed by atoms with E-state index in [4.69, 9.17) is 17.6 Å². The Kier molecular flexibility index (Phi) is 11.6. The summed E-state index contributed by atoms with van der Waals surface area (Å²) in [5.74, 6) is 6.35. The molecule has 0 unspecified atom stereocenters. The molecule has 0 spiro atoms. The van der Waals surface area contributed by atoms with Gasteiger partial charge in [-0.05, 0) is 90.6 Å². The number of hydrogen-bond donors (Lipinski definition) is 0. The van der Waals surface area contributed by atoms with Crippen molar-refractivity contribution in [3.63, 3.8) is 0 Å². The molecule has 0 bridgehead atoms. The Bertz CT molecular complexity index is 1430. The molecule has 0 fully saturated rings. The van der Waals surface area contributed by atoms with Gasteiger partial charge in [-0.15, -0.1) is 12.8 Å². The molecule has 0 aromatic heterocycles. The Hall–Kier alpha value is -4.02. The Morgan fingerprint density at radius 2 is 0.976 bits per heavy atom. The normalized spacial score (nSPS) is 10.6. The van der Waals surface area contributed by atoms with Gasteiger partial charge in [0, 0.05) is 11.1 Å². The minimum Gasteiger partial charge on any atom is -1.00 e. The summed E-state index contributed by atoms with van der Waals surface area (Å²) in [6.07, 6.45) is 11.3. The van der Waals surface area contributed by atoms with Crippen LogP contribution in [0.15, 0.2) is 103 Å². The van der Waals surface area contributed by atoms with Crippen LogP contribution in [0.3, 0.4) is 0 Å². The average molecular weight is 605 g/mol. The fraction of sp³-hybridized carbons (Fsp3) is 0.211. The third-order valence-corrected chi connectivity index (χ3v) is 7.98. The lowest BCUT2D eigenvalue weighted by Crippen LogP contribution is -3.00. The zero-order valence-electron chi connectivity index (χ0n) is 24.2. The van der Waals surface area contributed by atoms with E-state index in [9.17, 15) is 0 Å². The number of ether oxygens (including phenoxy) is 1. The Labute approximate surface area is 257 Å². The molecule has 0 N–H and O–H groups in total. The van der Waals surface area contributed by atoms with Gasteiger partial charge in [-0.2, -0.15) is 0 Å². The van der Waals surface area contributed by atoms with Crippen LogP contribution in [0.4, 0.5) is 0 Å². The minimum atomic E-state index is 0. The Morgan fingerprint density at radius 1 is 0.585 bits per heavy atom. The summed E-state index contributed by atoms with van der Waals surface area (Å²) in [5, 5.41) is 0. The number of likely N-dealkylation sites (N-methyl/N-ethyl adjacent to an activating group) is 1. The maximum Gasteiger partial charge on any atom is 0.137 e. The lowest BCUT2D eigenvalue weighted by atomic mass is 9.85. The van der Waals surface area contributed by atoms with Crippen molar-refractivity contribution in [1.29, 1.82) is 0 Å². The molecule has 0 heterocycles. The van der Waals surface area contributed by atoms with Crippen molar-refractivity contribution in [1.82, 2.24) is 0 Å². The maximum absolute atomic E-state index is 6.22. The van der Waals surface area contributed by atoms with Crippen LogP contribution in [0.1, 0.15) is 54.2 Å². The Balaban J connectivity index is 0.00000462. The van der Waals surface area contributed by atoms with Crippen LogP contribution >= 0.6 is 0 Å². The molecule has 0 atom stereocenters. The SMILES string of the molecule is C#Cc1ccc(C(=C(c2ccccc2)c2ccc(OCC[N+](CC)(CC)CC)cc2)c2ccc(C#C)cc2)cc1.[Br-]. The molecule has 0 saturated carbocycles. The lowest BCUT2D eigenvalue weighted by Gasteiger charge is -2.35. The van der Waals surface area contributed by atoms with E-state index in [2.05, 4.69) is 105 Å². The van der Waals surface area contributed by atoms with Crippen LogP contribution in [0.2, 0.25) is 0 Å². The highest BCUT2D eigenvalue weighted by atomic mass is 79.9. The van der Waals surface area contributed by atoms with Crippen LogP contribution in [0.25, 0.3) is 11.1 Å². The van der Waals surface area contributed by atoms with Crippen LogP contribution in [0, 0.1) is 24.7 Å². The smallest absolute Gasteiger partial charge is 0.137 e. The van der Waals surface area contributed by atoms with Crippen molar-refractivity contribution >= 4 is 11.1 Å². The minimum absolute atomic E-state index is 0. The topological polar surface area (TPSA) is 9.23 Å². The highest BCUT2D eigenvalue weighted by molar-refractivity contribution is 6.04. The van der Waals surface area contributed by atoms with E-state index in [1.807, 2.05) is 30.3 Å². The van der Waals surface area contributed by atoms with E-state index in [1.54, 1.807) is 0 Å². The monoisotopic (exact) mass is 603 g/mol. The molecule has 4 aromatic carbocycles. The molecule has 0 amide bonds. The number of hydrogen-bond acceptors (Lipinski definition) is 1. The molecule has 4 aromatic rings. The average Bonchev–Trinajstić information content (AvgIpc) is 3.03. The largest absolute Gasteiger partial charge is 1.00 e. The second-order valence-corrected chi connectivity index (χ2v) is 9.95. The predicted molar refractivity (Wildman–Crippen MR) is 169 cm³/mol. The van der Waals surface area contributed by atoms with Crippen LogP contribution in [0.5, 0.6) is 5.75 Å². The van der Waals surface area contributed by atoms with Crippen molar-refractivity contribution < 1.29 is 26.2 Å². The summed E-state index contributed by atoms with van der Waals surface area (Å²) >= 11 is 0. The lowest BCUT2D eigenvalue weighted by molar-refractivity contribution is -0.923. The molecule has 3 heteroatoms. The summed E-state index contributed by atoms with van der Waals surface area (Å²) in [5.41, 5.74) is 8.35. The number of rotatable bonds is 11. The fourth-order valence-electron chi connectivity index (χ4n) is 5.20. The first-order valence-corrected chi connectivity index (χ1v) is 14.1. The van der Waals surface area contributed by atoms with Gasteiger partial charge < -0.3 is 26.2 Å². The van der Waals surface area contributed by atoms with E-state index in [0.717, 1.165) is 80.9 Å². The molecule has 0 aliphatic heterocycles. The number of quaternary nitrogens is 1. The first-order valence-electron chi connectivity index (χ1n) is 14.1. The van der Waals surface area contributed by atoms with E-state index < -0.39 is 0 Å². The van der Waals surface area contributed by atoms with Gasteiger partial charge >= 0.3 is 0 Å². The number of halogens is 1. The van der Waals surface area contributed by atoms with Gasteiger partial charge in [-0.3, -0.25) is 0 Å². The first-order chi connectivity index (χ1) is 19.6. The van der Waals surface area contributed by atoms with Gasteiger partial charge in [0.1, 0.15) is 18.9 Å². The maximum atomic E-state index is 6.22. The van der Waals surface area contributed by atoms with Crippen LogP contribution in [-0.4, -0.2) is 37.3 Å². The van der Waals surface area contributed by atoms with E-state index in [-0.39, 0.29) is 17.0 Å². The summed E-state index contributed by atoms with van der Waals surface area (Å²) < 4.78 is 7.29. The van der Waals surface area contributed by atoms with Gasteiger partial charge in [0.25, 0.3) is 0 Å². The first kappa shape index (κ1) is 31.5. The predicted octanol–water partition coefficient (Wildman–Crippen LogP) is 4.92. The molecule has 2 nitrogen and oxygen atoms in total. The summed E-state index contributed by atoms with van der Waals surface area (Å²) in [6.45, 7) is 11.8. The molecule has 0 saturated heterocycles. The standard InChI is InChI=1S/C38H38NO.BrH/c1-6-30-16-20-33(21-17-30)38(34-22-18-31(7-2)19-23-34)37(32-14-12-11-13-15-32)35-24-26-36(27-25-35)40-29-28-39(8-3,9-4)10-5;/h1-2,11-27H,8-10,28-29H2,3-5H3;1H/q+1;/p-1. The highest BCUT2D eigenvalue weighted by Gasteiger charge is 2.20. The van der Waals surface area contributed by atoms with Crippen molar-refractivity contribution in [2.24, 2.45) is 0 Å². The third-order valence-electron chi connectivity index (χ3n) is 7.98. The van der Waals surface area contributed by atoms with Crippen LogP contribution < -0.4 is 21.7 Å². The van der Waals surface area contributed by atoms with Gasteiger partial charge in [-0.1, -0.05) is 78.6 Å². The third kappa shape index (κ3) is 7.59. The van der Waals surface area contributed by atoms with Gasteiger partial charge in [0.15, 0.2) is 0 Å². The van der Waals surface area contributed by atoms with E-state index in [1.165, 1.54) is 0 Å². The Morgan fingerprint density at radius 3 is 1.37 bits per heavy atom. The zero-order chi connectivity index (χ0) is 28.4. The van der Waals surface area contributed by atoms with Crippen molar-refractivity contribution in [3.05, 3.63) is 137 Å². The fourth-order valence-corrected chi connectivity index (χ4v) is 5.20. The molecule has 41 heavy (non-hydrogen) atoms. The molecule has 208 valence electrons. The molecule has 0 radical (unpaired) electrons. The second-order valence-electron chi connectivity index (χ2n) is 9.95.